The Labute approximate surface area is 265 Å². The molecule has 0 spiro atoms. The van der Waals surface area contributed by atoms with Gasteiger partial charge in [-0.15, -0.1) is 11.3 Å². The van der Waals surface area contributed by atoms with Crippen LogP contribution in [-0.4, -0.2) is 4.57 Å². The van der Waals surface area contributed by atoms with Crippen molar-refractivity contribution in [2.75, 3.05) is 0 Å². The zero-order chi connectivity index (χ0) is 30.7. The minimum Gasteiger partial charge on any atom is -0.457 e. The molecule has 9 rings (SSSR count). The maximum atomic E-state index is 13.8. The molecule has 0 radical (unpaired) electrons. The van der Waals surface area contributed by atoms with E-state index in [1.807, 2.05) is 51.1 Å². The van der Waals surface area contributed by atoms with Crippen molar-refractivity contribution < 1.29 is 4.74 Å². The molecule has 218 valence electrons. The molecule has 0 aliphatic carbocycles. The van der Waals surface area contributed by atoms with Crippen molar-refractivity contribution >= 4 is 53.3 Å². The molecule has 2 aromatic heterocycles. The average molecular weight is 602 g/mol. The number of para-hydroxylation sites is 4. The molecular weight excluding hydrogens is 571 g/mol. The topological polar surface area (TPSA) is 31.2 Å². The van der Waals surface area contributed by atoms with Crippen LogP contribution in [-0.2, 0) is 5.54 Å². The molecule has 3 heterocycles. The van der Waals surface area contributed by atoms with Crippen molar-refractivity contribution in [3.05, 3.63) is 166 Å². The molecule has 0 atom stereocenters. The van der Waals surface area contributed by atoms with Crippen LogP contribution in [0.5, 0.6) is 11.5 Å². The van der Waals surface area contributed by atoms with Crippen LogP contribution in [0.2, 0.25) is 0 Å². The molecular formula is C41H31NO2S. The fourth-order valence-electron chi connectivity index (χ4n) is 7.23. The van der Waals surface area contributed by atoms with E-state index in [0.29, 0.717) is 0 Å². The van der Waals surface area contributed by atoms with Crippen LogP contribution in [0.3, 0.4) is 0 Å². The van der Waals surface area contributed by atoms with E-state index >= 15 is 0 Å². The summed E-state index contributed by atoms with van der Waals surface area (Å²) < 4.78 is 11.1. The molecule has 6 aromatic carbocycles. The first kappa shape index (κ1) is 27.4. The first-order valence-corrected chi connectivity index (χ1v) is 16.3. The number of hydrogen-bond donors (Lipinski definition) is 0. The first-order chi connectivity index (χ1) is 22.2. The second-order valence-corrected chi connectivity index (χ2v) is 12.3. The normalized spacial score (nSPS) is 13.2. The molecule has 0 bridgehead atoms. The number of fused-ring (bicyclic) bond motifs is 7. The second kappa shape index (κ2) is 10.5. The molecule has 45 heavy (non-hydrogen) atoms. The van der Waals surface area contributed by atoms with Crippen LogP contribution >= 0.6 is 11.3 Å². The number of aromatic nitrogens is 1. The van der Waals surface area contributed by atoms with Gasteiger partial charge in [0, 0.05) is 42.1 Å². The molecule has 0 saturated heterocycles. The van der Waals surface area contributed by atoms with Crippen LogP contribution in [0.15, 0.2) is 138 Å². The van der Waals surface area contributed by atoms with Crippen molar-refractivity contribution in [3.8, 4) is 11.5 Å². The summed E-state index contributed by atoms with van der Waals surface area (Å²) in [4.78, 5) is 13.8. The van der Waals surface area contributed by atoms with Gasteiger partial charge in [-0.3, -0.25) is 4.79 Å². The van der Waals surface area contributed by atoms with E-state index < -0.39 is 5.54 Å². The van der Waals surface area contributed by atoms with Crippen LogP contribution in [0.4, 0.5) is 0 Å². The van der Waals surface area contributed by atoms with Crippen molar-refractivity contribution in [3.63, 3.8) is 0 Å². The first-order valence-electron chi connectivity index (χ1n) is 15.5. The number of benzene rings is 6. The highest BCUT2D eigenvalue weighted by Crippen LogP contribution is 2.55. The summed E-state index contributed by atoms with van der Waals surface area (Å²) in [5.41, 5.74) is 5.80. The van der Waals surface area contributed by atoms with E-state index in [2.05, 4.69) is 108 Å². The van der Waals surface area contributed by atoms with Gasteiger partial charge in [0.2, 0.25) is 0 Å². The minimum absolute atomic E-state index is 0.0899. The van der Waals surface area contributed by atoms with Gasteiger partial charge in [-0.05, 0) is 60.5 Å². The molecule has 0 unspecified atom stereocenters. The summed E-state index contributed by atoms with van der Waals surface area (Å²) >= 11 is 1.68. The Morgan fingerprint density at radius 2 is 1.18 bits per heavy atom. The highest BCUT2D eigenvalue weighted by Gasteiger charge is 2.47. The maximum absolute atomic E-state index is 13.8. The summed E-state index contributed by atoms with van der Waals surface area (Å²) in [6.45, 7) is 6.02. The Morgan fingerprint density at radius 1 is 0.600 bits per heavy atom. The van der Waals surface area contributed by atoms with E-state index in [1.54, 1.807) is 11.3 Å². The smallest absolute Gasteiger partial charge is 0.196 e. The Hall–Kier alpha value is -5.19. The van der Waals surface area contributed by atoms with Gasteiger partial charge in [-0.1, -0.05) is 105 Å². The van der Waals surface area contributed by atoms with E-state index in [0.717, 1.165) is 65.0 Å². The fourth-order valence-corrected chi connectivity index (χ4v) is 8.42. The summed E-state index contributed by atoms with van der Waals surface area (Å²) in [5, 5.41) is 3.96. The summed E-state index contributed by atoms with van der Waals surface area (Å²) in [6, 6.07) is 46.6. The van der Waals surface area contributed by atoms with Crippen molar-refractivity contribution in [2.45, 2.75) is 26.3 Å². The summed E-state index contributed by atoms with van der Waals surface area (Å²) in [7, 11) is 0. The highest BCUT2D eigenvalue weighted by molar-refractivity contribution is 7.24. The van der Waals surface area contributed by atoms with Gasteiger partial charge in [0.1, 0.15) is 17.0 Å². The van der Waals surface area contributed by atoms with Gasteiger partial charge in [0.05, 0.1) is 11.0 Å². The Bertz CT molecular complexity index is 2390. The molecule has 4 heteroatoms. The standard InChI is InChI=1S/C39H25NO2S.C2H6/c1-24-11-10-20-35-37(24)38(41)28-22-21-25(23-36(28)43-35)39(29-14-4-8-18-33(29)42-34-19-9-5-15-30(34)39)40-31-16-6-2-12-26(31)27-13-3-7-17-32(27)40;1-2/h2-23H,1H3;1-2H3. The Kier molecular flexibility index (Phi) is 6.36. The van der Waals surface area contributed by atoms with Gasteiger partial charge in [-0.25, -0.2) is 0 Å². The lowest BCUT2D eigenvalue weighted by molar-refractivity contribution is 0.400. The molecule has 1 aliphatic heterocycles. The average Bonchev–Trinajstić information content (AvgIpc) is 3.43. The van der Waals surface area contributed by atoms with Crippen molar-refractivity contribution in [2.24, 2.45) is 0 Å². The molecule has 8 aromatic rings. The van der Waals surface area contributed by atoms with Crippen molar-refractivity contribution in [1.82, 2.24) is 4.57 Å². The highest BCUT2D eigenvalue weighted by atomic mass is 32.1. The lowest BCUT2D eigenvalue weighted by atomic mass is 9.74. The van der Waals surface area contributed by atoms with E-state index in [1.165, 1.54) is 10.8 Å². The van der Waals surface area contributed by atoms with Crippen molar-refractivity contribution in [1.29, 1.82) is 0 Å². The van der Waals surface area contributed by atoms with Gasteiger partial charge in [0.25, 0.3) is 0 Å². The number of ether oxygens (including phenoxy) is 1. The molecule has 1 aliphatic rings. The van der Waals surface area contributed by atoms with Gasteiger partial charge >= 0.3 is 0 Å². The number of rotatable bonds is 2. The van der Waals surface area contributed by atoms with Gasteiger partial charge < -0.3 is 9.30 Å². The van der Waals surface area contributed by atoms with Gasteiger partial charge in [0.15, 0.2) is 5.43 Å². The molecule has 0 saturated carbocycles. The maximum Gasteiger partial charge on any atom is 0.196 e. The predicted octanol–water partition coefficient (Wildman–Crippen LogP) is 10.8. The number of aryl methyl sites for hydroxylation is 1. The monoisotopic (exact) mass is 601 g/mol. The minimum atomic E-state index is -0.778. The molecule has 3 nitrogen and oxygen atoms in total. The predicted molar refractivity (Wildman–Crippen MR) is 189 cm³/mol. The number of hydrogen-bond acceptors (Lipinski definition) is 3. The third kappa shape index (κ3) is 3.79. The summed E-state index contributed by atoms with van der Waals surface area (Å²) in [5.74, 6) is 1.65. The Balaban J connectivity index is 0.00000147. The van der Waals surface area contributed by atoms with Crippen LogP contribution in [0.1, 0.15) is 36.1 Å². The van der Waals surface area contributed by atoms with Crippen LogP contribution in [0.25, 0.3) is 42.0 Å². The zero-order valence-electron chi connectivity index (χ0n) is 25.4. The SMILES string of the molecule is CC.Cc1cccc2sc3cc(C4(n5c6ccccc6c6ccccc65)c5ccccc5Oc5ccccc54)ccc3c(=O)c12. The lowest BCUT2D eigenvalue weighted by Gasteiger charge is -2.43. The molecule has 0 N–H and O–H groups in total. The number of nitrogens with zero attached hydrogens (tertiary/aromatic N) is 1. The fraction of sp³-hybridized carbons (Fsp3) is 0.0976. The van der Waals surface area contributed by atoms with Gasteiger partial charge in [-0.2, -0.15) is 0 Å². The molecule has 0 amide bonds. The quantitative estimate of drug-likeness (QED) is 0.185. The van der Waals surface area contributed by atoms with E-state index in [4.69, 9.17) is 4.74 Å². The summed E-state index contributed by atoms with van der Waals surface area (Å²) in [6.07, 6.45) is 0. The van der Waals surface area contributed by atoms with Crippen LogP contribution < -0.4 is 10.2 Å². The van der Waals surface area contributed by atoms with E-state index in [9.17, 15) is 4.79 Å². The zero-order valence-corrected chi connectivity index (χ0v) is 26.2. The lowest BCUT2D eigenvalue weighted by Crippen LogP contribution is -2.40. The second-order valence-electron chi connectivity index (χ2n) is 11.3. The van der Waals surface area contributed by atoms with Crippen LogP contribution in [0, 0.1) is 6.92 Å². The largest absolute Gasteiger partial charge is 0.457 e. The Morgan fingerprint density at radius 3 is 1.82 bits per heavy atom. The third-order valence-corrected chi connectivity index (χ3v) is 10.1. The molecule has 0 fully saturated rings. The van der Waals surface area contributed by atoms with E-state index in [-0.39, 0.29) is 5.43 Å². The third-order valence-electron chi connectivity index (χ3n) is 9.01.